The van der Waals surface area contributed by atoms with Crippen molar-refractivity contribution < 1.29 is 0 Å². The van der Waals surface area contributed by atoms with E-state index in [4.69, 9.17) is 0 Å². The lowest BCUT2D eigenvalue weighted by Gasteiger charge is -2.11. The Hall–Kier alpha value is -0.810. The third-order valence-electron chi connectivity index (χ3n) is 2.53. The molecule has 3 heterocycles. The van der Waals surface area contributed by atoms with Gasteiger partial charge >= 0.3 is 0 Å². The van der Waals surface area contributed by atoms with E-state index in [2.05, 4.69) is 26.7 Å². The lowest BCUT2D eigenvalue weighted by atomic mass is 10.2. The van der Waals surface area contributed by atoms with Crippen LogP contribution in [-0.2, 0) is 0 Å². The standard InChI is InChI=1S/C10H11N3S2/c1-3-14-5-7(1)13-9-8-2-4-15-10(8)12-6-11-9/h2,4,6-7H,1,3,5H2,(H,11,12,13). The predicted octanol–water partition coefficient (Wildman–Crippen LogP) is 2.61. The molecule has 78 valence electrons. The average molecular weight is 237 g/mol. The molecular formula is C10H11N3S2. The summed E-state index contributed by atoms with van der Waals surface area (Å²) in [7, 11) is 0. The topological polar surface area (TPSA) is 37.8 Å². The molecule has 0 amide bonds. The summed E-state index contributed by atoms with van der Waals surface area (Å²) >= 11 is 3.67. The third-order valence-corrected chi connectivity index (χ3v) is 4.52. The number of nitrogens with zero attached hydrogens (tertiary/aromatic N) is 2. The molecule has 0 bridgehead atoms. The van der Waals surface area contributed by atoms with Crippen LogP contribution in [0.3, 0.4) is 0 Å². The molecule has 1 aliphatic heterocycles. The minimum absolute atomic E-state index is 0.577. The SMILES string of the molecule is c1nc(NC2CCSC2)c2ccsc2n1. The van der Waals surface area contributed by atoms with Crippen LogP contribution in [0.15, 0.2) is 17.8 Å². The molecule has 3 nitrogen and oxygen atoms in total. The fraction of sp³-hybridized carbons (Fsp3) is 0.400. The molecule has 0 aliphatic carbocycles. The normalized spacial score (nSPS) is 20.9. The number of aromatic nitrogens is 2. The monoisotopic (exact) mass is 237 g/mol. The second-order valence-corrected chi connectivity index (χ2v) is 5.61. The Balaban J connectivity index is 1.92. The van der Waals surface area contributed by atoms with Gasteiger partial charge in [0, 0.05) is 11.8 Å². The number of thiophene rings is 1. The zero-order valence-electron chi connectivity index (χ0n) is 8.14. The number of fused-ring (bicyclic) bond motifs is 1. The van der Waals surface area contributed by atoms with Crippen LogP contribution in [0, 0.1) is 0 Å². The van der Waals surface area contributed by atoms with Crippen LogP contribution in [0.25, 0.3) is 10.2 Å². The van der Waals surface area contributed by atoms with E-state index in [0.717, 1.165) is 16.0 Å². The Labute approximate surface area is 96.3 Å². The molecular weight excluding hydrogens is 226 g/mol. The highest BCUT2D eigenvalue weighted by molar-refractivity contribution is 7.99. The van der Waals surface area contributed by atoms with Crippen LogP contribution in [-0.4, -0.2) is 27.5 Å². The Morgan fingerprint density at radius 1 is 1.40 bits per heavy atom. The molecule has 1 atom stereocenters. The first-order chi connectivity index (χ1) is 7.43. The summed E-state index contributed by atoms with van der Waals surface area (Å²) < 4.78 is 0. The number of hydrogen-bond acceptors (Lipinski definition) is 5. The van der Waals surface area contributed by atoms with Gasteiger partial charge in [-0.3, -0.25) is 0 Å². The van der Waals surface area contributed by atoms with Gasteiger partial charge in [-0.15, -0.1) is 11.3 Å². The van der Waals surface area contributed by atoms with Crippen molar-refractivity contribution in [2.45, 2.75) is 12.5 Å². The number of nitrogens with one attached hydrogen (secondary N) is 1. The summed E-state index contributed by atoms with van der Waals surface area (Å²) in [6.45, 7) is 0. The van der Waals surface area contributed by atoms with Crippen LogP contribution in [0.1, 0.15) is 6.42 Å². The molecule has 0 radical (unpaired) electrons. The van der Waals surface area contributed by atoms with Crippen molar-refractivity contribution in [2.75, 3.05) is 16.8 Å². The van der Waals surface area contributed by atoms with Crippen molar-refractivity contribution in [1.29, 1.82) is 0 Å². The first-order valence-electron chi connectivity index (χ1n) is 4.96. The minimum atomic E-state index is 0.577. The van der Waals surface area contributed by atoms with Gasteiger partial charge in [-0.05, 0) is 23.6 Å². The second kappa shape index (κ2) is 3.98. The maximum Gasteiger partial charge on any atom is 0.138 e. The van der Waals surface area contributed by atoms with Crippen LogP contribution < -0.4 is 5.32 Å². The molecule has 0 spiro atoms. The molecule has 5 heteroatoms. The van der Waals surface area contributed by atoms with Crippen molar-refractivity contribution in [3.05, 3.63) is 17.8 Å². The van der Waals surface area contributed by atoms with Gasteiger partial charge in [-0.25, -0.2) is 9.97 Å². The molecule has 1 aliphatic rings. The molecule has 1 saturated heterocycles. The zero-order valence-corrected chi connectivity index (χ0v) is 9.77. The Bertz CT molecular complexity index is 462. The molecule has 1 unspecified atom stereocenters. The number of thioether (sulfide) groups is 1. The Kier molecular flexibility index (Phi) is 2.50. The summed E-state index contributed by atoms with van der Waals surface area (Å²) in [6.07, 6.45) is 2.88. The summed E-state index contributed by atoms with van der Waals surface area (Å²) in [5, 5.41) is 6.72. The van der Waals surface area contributed by atoms with Gasteiger partial charge < -0.3 is 5.32 Å². The molecule has 15 heavy (non-hydrogen) atoms. The van der Waals surface area contributed by atoms with Crippen LogP contribution in [0.5, 0.6) is 0 Å². The van der Waals surface area contributed by atoms with Crippen molar-refractivity contribution in [3.63, 3.8) is 0 Å². The Morgan fingerprint density at radius 3 is 3.27 bits per heavy atom. The largest absolute Gasteiger partial charge is 0.366 e. The molecule has 2 aromatic heterocycles. The highest BCUT2D eigenvalue weighted by Gasteiger charge is 2.16. The predicted molar refractivity (Wildman–Crippen MR) is 66.8 cm³/mol. The molecule has 0 aromatic carbocycles. The first kappa shape index (κ1) is 9.42. The van der Waals surface area contributed by atoms with E-state index in [9.17, 15) is 0 Å². The van der Waals surface area contributed by atoms with E-state index in [-0.39, 0.29) is 0 Å². The summed E-state index contributed by atoms with van der Waals surface area (Å²) in [5.41, 5.74) is 0. The van der Waals surface area contributed by atoms with Crippen LogP contribution >= 0.6 is 23.1 Å². The van der Waals surface area contributed by atoms with E-state index in [1.807, 2.05) is 11.8 Å². The second-order valence-electron chi connectivity index (χ2n) is 3.57. The number of hydrogen-bond donors (Lipinski definition) is 1. The quantitative estimate of drug-likeness (QED) is 0.871. The highest BCUT2D eigenvalue weighted by Crippen LogP contribution is 2.26. The van der Waals surface area contributed by atoms with Gasteiger partial charge in [-0.1, -0.05) is 0 Å². The first-order valence-corrected chi connectivity index (χ1v) is 6.99. The maximum absolute atomic E-state index is 4.32. The van der Waals surface area contributed by atoms with E-state index < -0.39 is 0 Å². The number of rotatable bonds is 2. The van der Waals surface area contributed by atoms with Crippen molar-refractivity contribution in [1.82, 2.24) is 9.97 Å². The lowest BCUT2D eigenvalue weighted by Crippen LogP contribution is -2.18. The molecule has 1 fully saturated rings. The summed E-state index contributed by atoms with van der Waals surface area (Å²) in [4.78, 5) is 9.62. The van der Waals surface area contributed by atoms with Gasteiger partial charge in [-0.2, -0.15) is 11.8 Å². The van der Waals surface area contributed by atoms with Crippen molar-refractivity contribution in [2.24, 2.45) is 0 Å². The lowest BCUT2D eigenvalue weighted by molar-refractivity contribution is 0.808. The van der Waals surface area contributed by atoms with Crippen molar-refractivity contribution in [3.8, 4) is 0 Å². The summed E-state index contributed by atoms with van der Waals surface area (Å²) in [6, 6.07) is 2.66. The van der Waals surface area contributed by atoms with E-state index in [1.54, 1.807) is 17.7 Å². The molecule has 2 aromatic rings. The van der Waals surface area contributed by atoms with Crippen molar-refractivity contribution >= 4 is 39.1 Å². The summed E-state index contributed by atoms with van der Waals surface area (Å²) in [5.74, 6) is 3.44. The van der Waals surface area contributed by atoms with Gasteiger partial charge in [0.1, 0.15) is 17.0 Å². The highest BCUT2D eigenvalue weighted by atomic mass is 32.2. The molecule has 0 saturated carbocycles. The van der Waals surface area contributed by atoms with Gasteiger partial charge in [0.05, 0.1) is 5.39 Å². The average Bonchev–Trinajstić information content (AvgIpc) is 2.87. The van der Waals surface area contributed by atoms with Gasteiger partial charge in [0.15, 0.2) is 0 Å². The fourth-order valence-electron chi connectivity index (χ4n) is 1.75. The van der Waals surface area contributed by atoms with Crippen LogP contribution in [0.4, 0.5) is 5.82 Å². The maximum atomic E-state index is 4.32. The Morgan fingerprint density at radius 2 is 2.40 bits per heavy atom. The number of anilines is 1. The minimum Gasteiger partial charge on any atom is -0.366 e. The zero-order chi connectivity index (χ0) is 10.1. The molecule has 1 N–H and O–H groups in total. The fourth-order valence-corrected chi connectivity index (χ4v) is 3.63. The van der Waals surface area contributed by atoms with E-state index in [0.29, 0.717) is 6.04 Å². The van der Waals surface area contributed by atoms with Gasteiger partial charge in [0.2, 0.25) is 0 Å². The smallest absolute Gasteiger partial charge is 0.138 e. The van der Waals surface area contributed by atoms with E-state index in [1.165, 1.54) is 17.9 Å². The third kappa shape index (κ3) is 1.81. The van der Waals surface area contributed by atoms with Crippen LogP contribution in [0.2, 0.25) is 0 Å². The molecule has 3 rings (SSSR count). The van der Waals surface area contributed by atoms with Gasteiger partial charge in [0.25, 0.3) is 0 Å². The van der Waals surface area contributed by atoms with E-state index >= 15 is 0 Å².